The van der Waals surface area contributed by atoms with Crippen LogP contribution in [0.2, 0.25) is 0 Å². The summed E-state index contributed by atoms with van der Waals surface area (Å²) in [6, 6.07) is 1.30. The number of hydrogen-bond donors (Lipinski definition) is 0. The second-order valence-corrected chi connectivity index (χ2v) is 7.36. The highest BCUT2D eigenvalue weighted by Gasteiger charge is 2.46. The molecule has 1 aromatic rings. The SMILES string of the molecule is CCCO[Si](OCCC)(OCCC)c1cc(F)c(F)cc1F. The van der Waals surface area contributed by atoms with Gasteiger partial charge in [0.2, 0.25) is 0 Å². The van der Waals surface area contributed by atoms with Gasteiger partial charge in [0.15, 0.2) is 11.6 Å². The zero-order valence-electron chi connectivity index (χ0n) is 13.3. The van der Waals surface area contributed by atoms with Gasteiger partial charge in [-0.15, -0.1) is 0 Å². The highest BCUT2D eigenvalue weighted by Crippen LogP contribution is 2.17. The molecule has 126 valence electrons. The molecule has 0 aliphatic rings. The predicted octanol–water partition coefficient (Wildman–Crippen LogP) is 3.53. The molecule has 0 amide bonds. The average molecular weight is 336 g/mol. The first-order chi connectivity index (χ1) is 10.5. The molecule has 0 heterocycles. The van der Waals surface area contributed by atoms with Crippen LogP contribution in [0.25, 0.3) is 0 Å². The fourth-order valence-corrected chi connectivity index (χ4v) is 4.63. The summed E-state index contributed by atoms with van der Waals surface area (Å²) in [7, 11) is -3.62. The van der Waals surface area contributed by atoms with Crippen LogP contribution in [0.3, 0.4) is 0 Å². The van der Waals surface area contributed by atoms with Crippen molar-refractivity contribution in [3.05, 3.63) is 29.6 Å². The van der Waals surface area contributed by atoms with Crippen LogP contribution in [0.4, 0.5) is 13.2 Å². The molecule has 1 aromatic carbocycles. The van der Waals surface area contributed by atoms with Gasteiger partial charge in [-0.05, 0) is 25.3 Å². The molecular formula is C15H23F3O3Si. The summed E-state index contributed by atoms with van der Waals surface area (Å²) in [6.45, 7) is 6.54. The maximum Gasteiger partial charge on any atom is 0.540 e. The lowest BCUT2D eigenvalue weighted by Gasteiger charge is -2.30. The van der Waals surface area contributed by atoms with E-state index in [1.165, 1.54) is 0 Å². The minimum atomic E-state index is -3.62. The Balaban J connectivity index is 3.27. The molecule has 0 N–H and O–H groups in total. The van der Waals surface area contributed by atoms with E-state index in [-0.39, 0.29) is 25.0 Å². The molecule has 0 atom stereocenters. The number of rotatable bonds is 10. The second kappa shape index (κ2) is 9.29. The Morgan fingerprint density at radius 2 is 1.14 bits per heavy atom. The molecule has 3 nitrogen and oxygen atoms in total. The fourth-order valence-electron chi connectivity index (χ4n) is 1.82. The summed E-state index contributed by atoms with van der Waals surface area (Å²) in [5.74, 6) is -3.30. The van der Waals surface area contributed by atoms with Gasteiger partial charge in [-0.1, -0.05) is 20.8 Å². The van der Waals surface area contributed by atoms with E-state index in [2.05, 4.69) is 0 Å². The van der Waals surface area contributed by atoms with Gasteiger partial charge in [-0.2, -0.15) is 0 Å². The van der Waals surface area contributed by atoms with Crippen LogP contribution >= 0.6 is 0 Å². The lowest BCUT2D eigenvalue weighted by Crippen LogP contribution is -2.58. The van der Waals surface area contributed by atoms with E-state index >= 15 is 0 Å². The summed E-state index contributed by atoms with van der Waals surface area (Å²) in [5.41, 5.74) is 0. The standard InChI is InChI=1S/C15H23F3O3Si/c1-4-7-19-22(20-8-5-2,21-9-6-3)15-11-13(17)12(16)10-14(15)18/h10-11H,4-9H2,1-3H3. The largest absolute Gasteiger partial charge is 0.540 e. The van der Waals surface area contributed by atoms with E-state index in [1.807, 2.05) is 20.8 Å². The van der Waals surface area contributed by atoms with E-state index in [9.17, 15) is 13.2 Å². The van der Waals surface area contributed by atoms with Crippen molar-refractivity contribution in [2.24, 2.45) is 0 Å². The van der Waals surface area contributed by atoms with Crippen LogP contribution < -0.4 is 5.19 Å². The van der Waals surface area contributed by atoms with Gasteiger partial charge in [0.25, 0.3) is 0 Å². The number of halogens is 3. The van der Waals surface area contributed by atoms with Crippen molar-refractivity contribution in [3.63, 3.8) is 0 Å². The van der Waals surface area contributed by atoms with E-state index in [4.69, 9.17) is 13.3 Å². The first-order valence-corrected chi connectivity index (χ1v) is 9.30. The molecule has 0 unspecified atom stereocenters. The minimum absolute atomic E-state index is 0.151. The van der Waals surface area contributed by atoms with Crippen molar-refractivity contribution in [1.82, 2.24) is 0 Å². The molecule has 0 aliphatic heterocycles. The summed E-state index contributed by atoms with van der Waals surface area (Å²) in [6.07, 6.45) is 2.01. The van der Waals surface area contributed by atoms with Crippen LogP contribution in [0.5, 0.6) is 0 Å². The Labute approximate surface area is 130 Å². The maximum absolute atomic E-state index is 14.2. The van der Waals surface area contributed by atoms with Crippen molar-refractivity contribution < 1.29 is 26.4 Å². The molecule has 0 aliphatic carbocycles. The Kier molecular flexibility index (Phi) is 8.09. The Hall–Kier alpha value is -0.893. The Morgan fingerprint density at radius 3 is 1.55 bits per heavy atom. The smallest absolute Gasteiger partial charge is 0.370 e. The lowest BCUT2D eigenvalue weighted by atomic mass is 10.3. The van der Waals surface area contributed by atoms with Gasteiger partial charge < -0.3 is 13.3 Å². The Bertz CT molecular complexity index is 450. The third-order valence-corrected chi connectivity index (χ3v) is 5.62. The van der Waals surface area contributed by atoms with Crippen molar-refractivity contribution in [1.29, 1.82) is 0 Å². The van der Waals surface area contributed by atoms with Crippen LogP contribution in [-0.2, 0) is 13.3 Å². The van der Waals surface area contributed by atoms with Crippen LogP contribution in [0, 0.1) is 17.5 Å². The molecule has 0 fully saturated rings. The highest BCUT2D eigenvalue weighted by atomic mass is 28.4. The zero-order chi connectivity index (χ0) is 16.6. The third-order valence-electron chi connectivity index (χ3n) is 2.83. The van der Waals surface area contributed by atoms with Crippen molar-refractivity contribution in [2.75, 3.05) is 19.8 Å². The monoisotopic (exact) mass is 336 g/mol. The minimum Gasteiger partial charge on any atom is -0.370 e. The van der Waals surface area contributed by atoms with Crippen molar-refractivity contribution in [2.45, 2.75) is 40.0 Å². The molecule has 0 saturated carbocycles. The van der Waals surface area contributed by atoms with Gasteiger partial charge in [-0.3, -0.25) is 0 Å². The van der Waals surface area contributed by atoms with Gasteiger partial charge >= 0.3 is 8.80 Å². The Morgan fingerprint density at radius 1 is 0.727 bits per heavy atom. The molecule has 0 radical (unpaired) electrons. The molecule has 0 saturated heterocycles. The van der Waals surface area contributed by atoms with Crippen molar-refractivity contribution in [3.8, 4) is 0 Å². The molecule has 0 bridgehead atoms. The van der Waals surface area contributed by atoms with Crippen LogP contribution in [0.15, 0.2) is 12.1 Å². The van der Waals surface area contributed by atoms with Crippen LogP contribution in [-0.4, -0.2) is 28.6 Å². The summed E-state index contributed by atoms with van der Waals surface area (Å²) >= 11 is 0. The van der Waals surface area contributed by atoms with Crippen LogP contribution in [0.1, 0.15) is 40.0 Å². The van der Waals surface area contributed by atoms with E-state index in [0.29, 0.717) is 25.3 Å². The van der Waals surface area contributed by atoms with Gasteiger partial charge in [-0.25, -0.2) is 13.2 Å². The zero-order valence-corrected chi connectivity index (χ0v) is 14.3. The fraction of sp³-hybridized carbons (Fsp3) is 0.600. The summed E-state index contributed by atoms with van der Waals surface area (Å²) in [5, 5.41) is -0.151. The van der Waals surface area contributed by atoms with Gasteiger partial charge in [0, 0.05) is 25.9 Å². The van der Waals surface area contributed by atoms with E-state index in [0.717, 1.165) is 6.07 Å². The third kappa shape index (κ3) is 4.81. The molecular weight excluding hydrogens is 313 g/mol. The number of hydrogen-bond acceptors (Lipinski definition) is 3. The molecule has 1 rings (SSSR count). The second-order valence-electron chi connectivity index (χ2n) is 4.85. The van der Waals surface area contributed by atoms with Crippen molar-refractivity contribution >= 4 is 14.0 Å². The number of benzene rings is 1. The van der Waals surface area contributed by atoms with E-state index < -0.39 is 26.3 Å². The predicted molar refractivity (Wildman–Crippen MR) is 80.4 cm³/mol. The molecule has 22 heavy (non-hydrogen) atoms. The van der Waals surface area contributed by atoms with Gasteiger partial charge in [0.1, 0.15) is 5.82 Å². The summed E-state index contributed by atoms with van der Waals surface area (Å²) in [4.78, 5) is 0. The quantitative estimate of drug-likeness (QED) is 0.483. The molecule has 7 heteroatoms. The van der Waals surface area contributed by atoms with E-state index in [1.54, 1.807) is 0 Å². The first kappa shape index (κ1) is 19.2. The molecule has 0 spiro atoms. The highest BCUT2D eigenvalue weighted by molar-refractivity contribution is 6.75. The molecule has 0 aromatic heterocycles. The normalized spacial score (nSPS) is 11.9. The lowest BCUT2D eigenvalue weighted by molar-refractivity contribution is 0.0724. The first-order valence-electron chi connectivity index (χ1n) is 7.57. The summed E-state index contributed by atoms with van der Waals surface area (Å²) < 4.78 is 58.1. The maximum atomic E-state index is 14.2. The van der Waals surface area contributed by atoms with Gasteiger partial charge in [0.05, 0.1) is 5.19 Å². The average Bonchev–Trinajstić information content (AvgIpc) is 2.51. The topological polar surface area (TPSA) is 27.7 Å².